The van der Waals surface area contributed by atoms with E-state index in [4.69, 9.17) is 4.74 Å². The van der Waals surface area contributed by atoms with E-state index in [-0.39, 0.29) is 5.75 Å². The molecule has 1 unspecified atom stereocenters. The van der Waals surface area contributed by atoms with E-state index in [2.05, 4.69) is 47.5 Å². The number of pyridine rings is 1. The van der Waals surface area contributed by atoms with E-state index in [0.29, 0.717) is 18.1 Å². The van der Waals surface area contributed by atoms with Crippen molar-refractivity contribution >= 4 is 16.7 Å². The average molecular weight is 526 g/mol. The zero-order valence-electron chi connectivity index (χ0n) is 21.7. The third-order valence-corrected chi connectivity index (χ3v) is 7.66. The first-order valence-electron chi connectivity index (χ1n) is 13.1. The SMILES string of the molecule is [O-][S+](CCCCCOc1ccc(C/C=C(\Cc2ccc(O)cc2)c2ccccc2)cc1)Cc1ccccn1. The quantitative estimate of drug-likeness (QED) is 0.140. The van der Waals surface area contributed by atoms with E-state index >= 15 is 0 Å². The summed E-state index contributed by atoms with van der Waals surface area (Å²) in [5.74, 6) is 2.40. The summed E-state index contributed by atoms with van der Waals surface area (Å²) < 4.78 is 18.1. The molecule has 0 aliphatic carbocycles. The van der Waals surface area contributed by atoms with E-state index in [9.17, 15) is 9.66 Å². The molecule has 0 bridgehead atoms. The van der Waals surface area contributed by atoms with Crippen molar-refractivity contribution in [2.75, 3.05) is 12.4 Å². The zero-order valence-corrected chi connectivity index (χ0v) is 22.5. The molecule has 3 aromatic carbocycles. The molecule has 0 radical (unpaired) electrons. The Morgan fingerprint density at radius 1 is 0.816 bits per heavy atom. The van der Waals surface area contributed by atoms with E-state index < -0.39 is 11.2 Å². The standard InChI is InChI=1S/C33H35NO3S/c35-32-18-13-28(14-19-32)25-30(29-9-3-1-4-10-29)17-12-27-15-20-33(21-16-27)37-23-7-2-8-24-38(36)26-31-11-5-6-22-34-31/h1,3-6,9-11,13-22,35H,2,7-8,12,23-26H2/b30-17+. The molecule has 38 heavy (non-hydrogen) atoms. The monoisotopic (exact) mass is 525 g/mol. The fourth-order valence-corrected chi connectivity index (χ4v) is 5.36. The number of aromatic hydroxyl groups is 1. The van der Waals surface area contributed by atoms with Gasteiger partial charge in [0.1, 0.15) is 23.0 Å². The van der Waals surface area contributed by atoms with Gasteiger partial charge in [-0.2, -0.15) is 0 Å². The third-order valence-electron chi connectivity index (χ3n) is 6.30. The molecule has 196 valence electrons. The van der Waals surface area contributed by atoms with Crippen LogP contribution in [0.5, 0.6) is 11.5 Å². The number of phenolic OH excluding ortho intramolecular Hbond substituents is 1. The Bertz CT molecular complexity index is 1240. The van der Waals surface area contributed by atoms with Crippen LogP contribution in [0.25, 0.3) is 5.57 Å². The lowest BCUT2D eigenvalue weighted by molar-refractivity contribution is 0.306. The van der Waals surface area contributed by atoms with Gasteiger partial charge in [-0.1, -0.05) is 66.7 Å². The highest BCUT2D eigenvalue weighted by molar-refractivity contribution is 7.90. The van der Waals surface area contributed by atoms with Crippen molar-refractivity contribution in [1.82, 2.24) is 4.98 Å². The van der Waals surface area contributed by atoms with Crippen LogP contribution in [-0.2, 0) is 29.8 Å². The number of rotatable bonds is 14. The van der Waals surface area contributed by atoms with Crippen molar-refractivity contribution in [3.63, 3.8) is 0 Å². The van der Waals surface area contributed by atoms with Crippen LogP contribution in [0.15, 0.2) is 109 Å². The topological polar surface area (TPSA) is 65.4 Å². The van der Waals surface area contributed by atoms with Crippen LogP contribution in [0, 0.1) is 0 Å². The largest absolute Gasteiger partial charge is 0.616 e. The van der Waals surface area contributed by atoms with E-state index in [1.54, 1.807) is 18.3 Å². The molecular formula is C33H35NO3S. The maximum absolute atomic E-state index is 12.2. The lowest BCUT2D eigenvalue weighted by atomic mass is 9.96. The number of phenols is 1. The third kappa shape index (κ3) is 9.40. The zero-order chi connectivity index (χ0) is 26.4. The summed E-state index contributed by atoms with van der Waals surface area (Å²) in [6, 6.07) is 31.9. The molecule has 4 aromatic rings. The summed E-state index contributed by atoms with van der Waals surface area (Å²) in [5, 5.41) is 9.60. The minimum absolute atomic E-state index is 0.286. The van der Waals surface area contributed by atoms with Crippen molar-refractivity contribution in [3.8, 4) is 11.5 Å². The normalized spacial score (nSPS) is 12.3. The Morgan fingerprint density at radius 2 is 1.55 bits per heavy atom. The molecule has 0 saturated carbocycles. The molecule has 0 fully saturated rings. The van der Waals surface area contributed by atoms with Gasteiger partial charge >= 0.3 is 0 Å². The number of allylic oxidation sites excluding steroid dienone is 2. The second-order valence-electron chi connectivity index (χ2n) is 9.31. The Morgan fingerprint density at radius 3 is 2.29 bits per heavy atom. The number of hydrogen-bond donors (Lipinski definition) is 1. The molecule has 1 N–H and O–H groups in total. The highest BCUT2D eigenvalue weighted by atomic mass is 32.2. The van der Waals surface area contributed by atoms with Gasteiger partial charge in [-0.15, -0.1) is 0 Å². The van der Waals surface area contributed by atoms with Gasteiger partial charge < -0.3 is 14.4 Å². The van der Waals surface area contributed by atoms with Crippen molar-refractivity contribution in [2.24, 2.45) is 0 Å². The van der Waals surface area contributed by atoms with Gasteiger partial charge in [0, 0.05) is 6.20 Å². The Hall–Kier alpha value is -3.54. The van der Waals surface area contributed by atoms with Gasteiger partial charge in [0.2, 0.25) is 0 Å². The molecule has 4 nitrogen and oxygen atoms in total. The molecule has 5 heteroatoms. The second kappa shape index (κ2) is 15.0. The molecule has 0 aliphatic rings. The van der Waals surface area contributed by atoms with Crippen LogP contribution in [0.1, 0.15) is 41.6 Å². The van der Waals surface area contributed by atoms with Gasteiger partial charge in [-0.3, -0.25) is 4.98 Å². The first kappa shape index (κ1) is 27.5. The van der Waals surface area contributed by atoms with Crippen LogP contribution in [0.3, 0.4) is 0 Å². The molecule has 4 rings (SSSR count). The number of aromatic nitrogens is 1. The second-order valence-corrected chi connectivity index (χ2v) is 10.9. The first-order valence-corrected chi connectivity index (χ1v) is 14.6. The molecule has 0 saturated heterocycles. The smallest absolute Gasteiger partial charge is 0.147 e. The van der Waals surface area contributed by atoms with Gasteiger partial charge in [-0.05, 0) is 102 Å². The average Bonchev–Trinajstić information content (AvgIpc) is 2.95. The van der Waals surface area contributed by atoms with Crippen LogP contribution in [0.4, 0.5) is 0 Å². The van der Waals surface area contributed by atoms with Crippen molar-refractivity contribution in [2.45, 2.75) is 37.9 Å². The van der Waals surface area contributed by atoms with Gasteiger partial charge in [-0.25, -0.2) is 0 Å². The summed E-state index contributed by atoms with van der Waals surface area (Å²) in [4.78, 5) is 4.25. The summed E-state index contributed by atoms with van der Waals surface area (Å²) in [6.07, 6.45) is 8.55. The van der Waals surface area contributed by atoms with Crippen LogP contribution < -0.4 is 4.74 Å². The Balaban J connectivity index is 1.21. The Labute approximate surface area is 229 Å². The molecular weight excluding hydrogens is 490 g/mol. The summed E-state index contributed by atoms with van der Waals surface area (Å²) in [5.41, 5.74) is 5.76. The number of nitrogens with zero attached hydrogens (tertiary/aromatic N) is 1. The van der Waals surface area contributed by atoms with Crippen LogP contribution >= 0.6 is 0 Å². The Kier molecular flexibility index (Phi) is 10.9. The molecule has 1 atom stereocenters. The fourth-order valence-electron chi connectivity index (χ4n) is 4.19. The summed E-state index contributed by atoms with van der Waals surface area (Å²) in [6.45, 7) is 0.664. The number of hydrogen-bond acceptors (Lipinski definition) is 4. The van der Waals surface area contributed by atoms with Crippen molar-refractivity contribution < 1.29 is 14.4 Å². The minimum Gasteiger partial charge on any atom is -0.616 e. The van der Waals surface area contributed by atoms with Gasteiger partial charge in [0.05, 0.1) is 12.3 Å². The first-order chi connectivity index (χ1) is 18.7. The van der Waals surface area contributed by atoms with Gasteiger partial charge in [0.25, 0.3) is 0 Å². The molecule has 0 amide bonds. The van der Waals surface area contributed by atoms with Gasteiger partial charge in [0.15, 0.2) is 0 Å². The maximum Gasteiger partial charge on any atom is 0.147 e. The van der Waals surface area contributed by atoms with E-state index in [1.807, 2.05) is 48.5 Å². The van der Waals surface area contributed by atoms with E-state index in [1.165, 1.54) is 22.3 Å². The van der Waals surface area contributed by atoms with Crippen molar-refractivity contribution in [3.05, 3.63) is 132 Å². The highest BCUT2D eigenvalue weighted by Crippen LogP contribution is 2.23. The minimum atomic E-state index is -0.864. The van der Waals surface area contributed by atoms with Crippen LogP contribution in [-0.4, -0.2) is 27.0 Å². The fraction of sp³-hybridized carbons (Fsp3) is 0.242. The molecule has 0 spiro atoms. The lowest BCUT2D eigenvalue weighted by Gasteiger charge is -2.11. The summed E-state index contributed by atoms with van der Waals surface area (Å²) in [7, 11) is 0. The van der Waals surface area contributed by atoms with Crippen LogP contribution in [0.2, 0.25) is 0 Å². The molecule has 1 aromatic heterocycles. The molecule has 0 aliphatic heterocycles. The number of unbranched alkanes of at least 4 members (excludes halogenated alkanes) is 2. The lowest BCUT2D eigenvalue weighted by Crippen LogP contribution is -2.10. The maximum atomic E-state index is 12.2. The van der Waals surface area contributed by atoms with E-state index in [0.717, 1.165) is 43.5 Å². The number of ether oxygens (including phenoxy) is 1. The highest BCUT2D eigenvalue weighted by Gasteiger charge is 2.08. The molecule has 1 heterocycles. The number of benzene rings is 3. The predicted octanol–water partition coefficient (Wildman–Crippen LogP) is 7.15. The van der Waals surface area contributed by atoms with Crippen molar-refractivity contribution in [1.29, 1.82) is 0 Å². The predicted molar refractivity (Wildman–Crippen MR) is 157 cm³/mol. The summed E-state index contributed by atoms with van der Waals surface area (Å²) >= 11 is -0.864.